The lowest BCUT2D eigenvalue weighted by molar-refractivity contribution is -0.00661. The average Bonchev–Trinajstić information content (AvgIpc) is 2.33. The van der Waals surface area contributed by atoms with Gasteiger partial charge in [-0.1, -0.05) is 30.3 Å². The number of benzene rings is 1. The lowest BCUT2D eigenvalue weighted by atomic mass is 9.96. The van der Waals surface area contributed by atoms with Crippen LogP contribution < -0.4 is 5.32 Å². The lowest BCUT2D eigenvalue weighted by Gasteiger charge is -2.30. The molecule has 0 aromatic heterocycles. The maximum atomic E-state index is 5.82. The first-order valence-corrected chi connectivity index (χ1v) is 5.75. The van der Waals surface area contributed by atoms with Gasteiger partial charge in [0.05, 0.1) is 12.1 Å². The summed E-state index contributed by atoms with van der Waals surface area (Å²) in [5.74, 6) is 0. The molecule has 1 aromatic carbocycles. The molecule has 2 rings (SSSR count). The Bertz CT molecular complexity index is 280. The minimum Gasteiger partial charge on any atom is -0.376 e. The van der Waals surface area contributed by atoms with E-state index in [9.17, 15) is 0 Å². The van der Waals surface area contributed by atoms with Crippen molar-refractivity contribution in [2.24, 2.45) is 0 Å². The van der Waals surface area contributed by atoms with Crippen LogP contribution in [0.2, 0.25) is 0 Å². The molecular formula is C13H19NO. The highest BCUT2D eigenvalue weighted by Crippen LogP contribution is 2.25. The van der Waals surface area contributed by atoms with E-state index in [0.29, 0.717) is 12.1 Å². The molecule has 1 aliphatic rings. The topological polar surface area (TPSA) is 21.3 Å². The molecule has 0 saturated carbocycles. The maximum absolute atomic E-state index is 5.82. The first kappa shape index (κ1) is 10.7. The molecule has 1 fully saturated rings. The molecule has 0 aliphatic carbocycles. The summed E-state index contributed by atoms with van der Waals surface area (Å²) >= 11 is 0. The van der Waals surface area contributed by atoms with E-state index in [4.69, 9.17) is 4.74 Å². The van der Waals surface area contributed by atoms with E-state index in [1.807, 2.05) is 7.05 Å². The van der Waals surface area contributed by atoms with Gasteiger partial charge in [0.2, 0.25) is 0 Å². The second-order valence-electron chi connectivity index (χ2n) is 4.08. The summed E-state index contributed by atoms with van der Waals surface area (Å²) in [5, 5.41) is 3.36. The Morgan fingerprint density at radius 1 is 1.27 bits per heavy atom. The van der Waals surface area contributed by atoms with Crippen LogP contribution in [0.5, 0.6) is 0 Å². The zero-order valence-corrected chi connectivity index (χ0v) is 9.28. The van der Waals surface area contributed by atoms with Crippen molar-refractivity contribution in [2.45, 2.75) is 31.4 Å². The second kappa shape index (κ2) is 5.29. The van der Waals surface area contributed by atoms with Crippen LogP contribution in [-0.2, 0) is 4.74 Å². The highest BCUT2D eigenvalue weighted by atomic mass is 16.5. The Balaban J connectivity index is 2.09. The second-order valence-corrected chi connectivity index (χ2v) is 4.08. The molecule has 1 aliphatic heterocycles. The number of rotatable bonds is 3. The molecule has 82 valence electrons. The fraction of sp³-hybridized carbons (Fsp3) is 0.538. The number of hydrogen-bond donors (Lipinski definition) is 1. The molecule has 1 heterocycles. The van der Waals surface area contributed by atoms with Crippen LogP contribution in [0.1, 0.15) is 30.9 Å². The lowest BCUT2D eigenvalue weighted by Crippen LogP contribution is -2.34. The van der Waals surface area contributed by atoms with Gasteiger partial charge in [-0.15, -0.1) is 0 Å². The highest BCUT2D eigenvalue weighted by Gasteiger charge is 2.24. The van der Waals surface area contributed by atoms with E-state index in [1.54, 1.807) is 0 Å². The predicted octanol–water partition coefficient (Wildman–Crippen LogP) is 2.52. The van der Waals surface area contributed by atoms with E-state index in [-0.39, 0.29) is 0 Å². The SMILES string of the molecule is CNC(c1ccccc1)C1CCCCO1. The predicted molar refractivity (Wildman–Crippen MR) is 61.8 cm³/mol. The molecular weight excluding hydrogens is 186 g/mol. The zero-order valence-electron chi connectivity index (χ0n) is 9.28. The van der Waals surface area contributed by atoms with Gasteiger partial charge in [-0.05, 0) is 31.9 Å². The third kappa shape index (κ3) is 2.58. The van der Waals surface area contributed by atoms with Crippen molar-refractivity contribution in [3.8, 4) is 0 Å². The monoisotopic (exact) mass is 205 g/mol. The van der Waals surface area contributed by atoms with Gasteiger partial charge in [0.1, 0.15) is 0 Å². The highest BCUT2D eigenvalue weighted by molar-refractivity contribution is 5.20. The Kier molecular flexibility index (Phi) is 3.75. The first-order valence-electron chi connectivity index (χ1n) is 5.75. The Hall–Kier alpha value is -0.860. The molecule has 2 atom stereocenters. The summed E-state index contributed by atoms with van der Waals surface area (Å²) in [6.45, 7) is 0.912. The van der Waals surface area contributed by atoms with Crippen molar-refractivity contribution in [3.05, 3.63) is 35.9 Å². The third-order valence-corrected chi connectivity index (χ3v) is 3.06. The van der Waals surface area contributed by atoms with Crippen molar-refractivity contribution >= 4 is 0 Å². The van der Waals surface area contributed by atoms with E-state index in [1.165, 1.54) is 24.8 Å². The molecule has 15 heavy (non-hydrogen) atoms. The Labute approximate surface area is 91.6 Å². The molecule has 0 radical (unpaired) electrons. The molecule has 0 spiro atoms. The van der Waals surface area contributed by atoms with Gasteiger partial charge in [-0.3, -0.25) is 0 Å². The van der Waals surface area contributed by atoms with E-state index in [0.717, 1.165) is 6.61 Å². The summed E-state index contributed by atoms with van der Waals surface area (Å²) in [4.78, 5) is 0. The van der Waals surface area contributed by atoms with Crippen molar-refractivity contribution in [2.75, 3.05) is 13.7 Å². The number of nitrogens with one attached hydrogen (secondary N) is 1. The number of likely N-dealkylation sites (N-methyl/N-ethyl adjacent to an activating group) is 1. The van der Waals surface area contributed by atoms with Crippen LogP contribution in [0.25, 0.3) is 0 Å². The average molecular weight is 205 g/mol. The Morgan fingerprint density at radius 2 is 2.07 bits per heavy atom. The first-order chi connectivity index (χ1) is 7.42. The van der Waals surface area contributed by atoms with Crippen LogP contribution >= 0.6 is 0 Å². The quantitative estimate of drug-likeness (QED) is 0.818. The summed E-state index contributed by atoms with van der Waals surface area (Å²) in [7, 11) is 2.01. The van der Waals surface area contributed by atoms with Crippen LogP contribution in [0.15, 0.2) is 30.3 Å². The molecule has 1 aromatic rings. The maximum Gasteiger partial charge on any atom is 0.0769 e. The number of ether oxygens (including phenoxy) is 1. The van der Waals surface area contributed by atoms with Gasteiger partial charge in [0, 0.05) is 6.61 Å². The fourth-order valence-corrected chi connectivity index (χ4v) is 2.26. The van der Waals surface area contributed by atoms with Gasteiger partial charge in [-0.2, -0.15) is 0 Å². The number of hydrogen-bond acceptors (Lipinski definition) is 2. The van der Waals surface area contributed by atoms with Crippen LogP contribution in [-0.4, -0.2) is 19.8 Å². The van der Waals surface area contributed by atoms with Gasteiger partial charge < -0.3 is 10.1 Å². The van der Waals surface area contributed by atoms with Crippen molar-refractivity contribution in [1.29, 1.82) is 0 Å². The van der Waals surface area contributed by atoms with Crippen LogP contribution in [0.3, 0.4) is 0 Å². The third-order valence-electron chi connectivity index (χ3n) is 3.06. The molecule has 2 unspecified atom stereocenters. The molecule has 0 bridgehead atoms. The summed E-state index contributed by atoms with van der Waals surface area (Å²) in [5.41, 5.74) is 1.33. The molecule has 1 N–H and O–H groups in total. The summed E-state index contributed by atoms with van der Waals surface area (Å²) in [6.07, 6.45) is 4.00. The normalized spacial score (nSPS) is 23.7. The van der Waals surface area contributed by atoms with Crippen LogP contribution in [0, 0.1) is 0 Å². The minimum absolute atomic E-state index is 0.339. The van der Waals surface area contributed by atoms with Crippen molar-refractivity contribution in [3.63, 3.8) is 0 Å². The van der Waals surface area contributed by atoms with Gasteiger partial charge in [0.15, 0.2) is 0 Å². The molecule has 2 nitrogen and oxygen atoms in total. The van der Waals surface area contributed by atoms with E-state index < -0.39 is 0 Å². The molecule has 1 saturated heterocycles. The van der Waals surface area contributed by atoms with Crippen LogP contribution in [0.4, 0.5) is 0 Å². The smallest absolute Gasteiger partial charge is 0.0769 e. The zero-order chi connectivity index (χ0) is 10.5. The minimum atomic E-state index is 0.339. The van der Waals surface area contributed by atoms with Crippen molar-refractivity contribution < 1.29 is 4.74 Å². The van der Waals surface area contributed by atoms with E-state index >= 15 is 0 Å². The van der Waals surface area contributed by atoms with E-state index in [2.05, 4.69) is 35.6 Å². The van der Waals surface area contributed by atoms with Gasteiger partial charge in [0.25, 0.3) is 0 Å². The summed E-state index contributed by atoms with van der Waals surface area (Å²) in [6, 6.07) is 10.9. The summed E-state index contributed by atoms with van der Waals surface area (Å²) < 4.78 is 5.82. The fourth-order valence-electron chi connectivity index (χ4n) is 2.26. The van der Waals surface area contributed by atoms with Crippen molar-refractivity contribution in [1.82, 2.24) is 5.32 Å². The largest absolute Gasteiger partial charge is 0.376 e. The molecule has 0 amide bonds. The van der Waals surface area contributed by atoms with Gasteiger partial charge >= 0.3 is 0 Å². The standard InChI is InChI=1S/C13H19NO/c1-14-13(11-7-3-2-4-8-11)12-9-5-6-10-15-12/h2-4,7-8,12-14H,5-6,9-10H2,1H3. The molecule has 2 heteroatoms. The van der Waals surface area contributed by atoms with Gasteiger partial charge in [-0.25, -0.2) is 0 Å². The Morgan fingerprint density at radius 3 is 2.67 bits per heavy atom.